The van der Waals surface area contributed by atoms with Gasteiger partial charge in [0.1, 0.15) is 35.2 Å². The molecule has 4 rings (SSSR count). The van der Waals surface area contributed by atoms with Gasteiger partial charge < -0.3 is 34.5 Å². The highest BCUT2D eigenvalue weighted by Gasteiger charge is 2.47. The molecule has 2 fully saturated rings. The molecule has 4 heterocycles. The number of aliphatic carboxylic acids is 2. The summed E-state index contributed by atoms with van der Waals surface area (Å²) in [6.45, 7) is 2.06. The van der Waals surface area contributed by atoms with E-state index in [1.54, 1.807) is 6.07 Å². The summed E-state index contributed by atoms with van der Waals surface area (Å²) >= 11 is 0. The molecule has 4 N–H and O–H groups in total. The Morgan fingerprint density at radius 2 is 1.67 bits per heavy atom. The Labute approximate surface area is 233 Å². The number of ether oxygens (including phenoxy) is 2. The van der Waals surface area contributed by atoms with Crippen LogP contribution in [0.2, 0.25) is 0 Å². The summed E-state index contributed by atoms with van der Waals surface area (Å²) < 4.78 is 118. The number of H-pyrrole nitrogens is 1. The summed E-state index contributed by atoms with van der Waals surface area (Å²) in [4.78, 5) is 38.2. The van der Waals surface area contributed by atoms with Gasteiger partial charge in [-0.15, -0.1) is 0 Å². The molecule has 22 heteroatoms. The zero-order valence-electron chi connectivity index (χ0n) is 21.3. The number of aromatic amines is 1. The van der Waals surface area contributed by atoms with Crippen LogP contribution in [0.3, 0.4) is 0 Å². The molecule has 2 aromatic rings. The smallest absolute Gasteiger partial charge is 0.475 e. The van der Waals surface area contributed by atoms with Gasteiger partial charge in [0, 0.05) is 25.6 Å². The third kappa shape index (κ3) is 11.4. The first-order valence-corrected chi connectivity index (χ1v) is 11.6. The Morgan fingerprint density at radius 1 is 1.07 bits per heavy atom. The largest absolute Gasteiger partial charge is 0.490 e. The molecule has 2 atom stereocenters. The molecule has 2 aliphatic heterocycles. The summed E-state index contributed by atoms with van der Waals surface area (Å²) in [7, 11) is 0. The van der Waals surface area contributed by atoms with Crippen molar-refractivity contribution in [3.8, 4) is 0 Å². The van der Waals surface area contributed by atoms with Gasteiger partial charge in [0.05, 0.1) is 32.5 Å². The summed E-state index contributed by atoms with van der Waals surface area (Å²) in [6.07, 6.45) is -12.7. The van der Waals surface area contributed by atoms with Crippen molar-refractivity contribution in [2.24, 2.45) is 0 Å². The number of carboxylic acid groups (broad SMARTS) is 2. The van der Waals surface area contributed by atoms with Crippen molar-refractivity contribution in [1.82, 2.24) is 25.3 Å². The number of hydrogen-bond acceptors (Lipinski definition) is 9. The number of nitrogens with one attached hydrogen (secondary N) is 2. The number of carbonyl (C=O) groups excluding carboxylic acids is 1. The Kier molecular flexibility index (Phi) is 11.5. The van der Waals surface area contributed by atoms with Crippen LogP contribution in [0.5, 0.6) is 0 Å². The lowest BCUT2D eigenvalue weighted by atomic mass is 9.97. The fraction of sp³-hybridized carbons (Fsp3) is 0.571. The first-order valence-electron chi connectivity index (χ1n) is 11.6. The lowest BCUT2D eigenvalue weighted by Crippen LogP contribution is -2.52. The number of hydrogen-bond donors (Lipinski definition) is 4. The molecule has 2 aliphatic rings. The first-order chi connectivity index (χ1) is 19.7. The number of aromatic nitrogens is 3. The van der Waals surface area contributed by atoms with E-state index >= 15 is 0 Å². The van der Waals surface area contributed by atoms with E-state index in [1.807, 2.05) is 4.90 Å². The van der Waals surface area contributed by atoms with Crippen molar-refractivity contribution in [3.05, 3.63) is 35.7 Å². The fourth-order valence-electron chi connectivity index (χ4n) is 3.56. The second-order valence-electron chi connectivity index (χ2n) is 8.80. The van der Waals surface area contributed by atoms with E-state index in [9.17, 15) is 44.3 Å². The van der Waals surface area contributed by atoms with E-state index < -0.39 is 47.9 Å². The molecule has 0 aromatic carbocycles. The minimum absolute atomic E-state index is 0.226. The van der Waals surface area contributed by atoms with Crippen LogP contribution in [0.25, 0.3) is 0 Å². The molecular weight excluding hydrogens is 621 g/mol. The predicted molar refractivity (Wildman–Crippen MR) is 118 cm³/mol. The maximum absolute atomic E-state index is 12.7. The Hall–Kier alpha value is -3.92. The molecule has 2 aromatic heterocycles. The third-order valence-electron chi connectivity index (χ3n) is 5.45. The van der Waals surface area contributed by atoms with E-state index in [0.29, 0.717) is 31.8 Å². The molecule has 242 valence electrons. The van der Waals surface area contributed by atoms with Gasteiger partial charge in [0.25, 0.3) is 0 Å². The Morgan fingerprint density at radius 3 is 2.16 bits per heavy atom. The van der Waals surface area contributed by atoms with Crippen LogP contribution in [0, 0.1) is 0 Å². The third-order valence-corrected chi connectivity index (χ3v) is 5.45. The van der Waals surface area contributed by atoms with Gasteiger partial charge in [-0.05, 0) is 0 Å². The van der Waals surface area contributed by atoms with Gasteiger partial charge in [-0.3, -0.25) is 9.69 Å². The van der Waals surface area contributed by atoms with Crippen LogP contribution in [0.4, 0.5) is 39.5 Å². The zero-order valence-corrected chi connectivity index (χ0v) is 21.3. The number of imidazole rings is 1. The van der Waals surface area contributed by atoms with Crippen molar-refractivity contribution in [3.63, 3.8) is 0 Å². The van der Waals surface area contributed by atoms with Gasteiger partial charge in [0.15, 0.2) is 0 Å². The second kappa shape index (κ2) is 14.0. The van der Waals surface area contributed by atoms with Crippen molar-refractivity contribution in [1.29, 1.82) is 0 Å². The topological polar surface area (TPSA) is 180 Å². The summed E-state index contributed by atoms with van der Waals surface area (Å²) in [5.41, 5.74) is -0.945. The van der Waals surface area contributed by atoms with Gasteiger partial charge in [-0.1, -0.05) is 5.16 Å². The van der Waals surface area contributed by atoms with Crippen molar-refractivity contribution >= 4 is 17.8 Å². The number of amides is 1. The summed E-state index contributed by atoms with van der Waals surface area (Å²) in [5, 5.41) is 20.7. The van der Waals surface area contributed by atoms with Gasteiger partial charge >= 0.3 is 30.5 Å². The Bertz CT molecular complexity index is 1190. The molecule has 2 unspecified atom stereocenters. The molecule has 1 amide bonds. The average molecular weight is 643 g/mol. The molecule has 43 heavy (non-hydrogen) atoms. The van der Waals surface area contributed by atoms with Crippen LogP contribution < -0.4 is 5.32 Å². The molecule has 0 saturated carbocycles. The highest BCUT2D eigenvalue weighted by molar-refractivity contribution is 5.81. The standard InChI is InChI=1S/C17H20F3N5O4.2C2HF3O2/c18-17(19,20)13-7-21-14(23-13)8-25-2-4-28-16(9-25)5-12(27-10-16)15(26)22-6-11-1-3-29-24-11;2*3-2(4,5)1(6)7/h1,3,7,12H,2,4-6,8-10H2,(H,21,23)(H,22,26);2*(H,6,7). The molecule has 13 nitrogen and oxygen atoms in total. The number of rotatable bonds is 5. The van der Waals surface area contributed by atoms with Crippen LogP contribution in [0.1, 0.15) is 23.6 Å². The number of carboxylic acids is 2. The first kappa shape index (κ1) is 35.3. The van der Waals surface area contributed by atoms with Crippen LogP contribution in [0.15, 0.2) is 23.0 Å². The number of morpholine rings is 1. The highest BCUT2D eigenvalue weighted by Crippen LogP contribution is 2.32. The number of nitrogens with zero attached hydrogens (tertiary/aromatic N) is 3. The SMILES string of the molecule is O=C(NCc1ccon1)C1CC2(CO1)CN(Cc1ncc(C(F)(F)F)[nH]1)CCO2.O=C(O)C(F)(F)F.O=C(O)C(F)(F)F. The maximum atomic E-state index is 12.7. The quantitative estimate of drug-likeness (QED) is 0.352. The van der Waals surface area contributed by atoms with E-state index in [0.717, 1.165) is 6.20 Å². The molecular formula is C21H22F9N5O8. The highest BCUT2D eigenvalue weighted by atomic mass is 19.4. The minimum Gasteiger partial charge on any atom is -0.475 e. The van der Waals surface area contributed by atoms with Crippen LogP contribution in [-0.4, -0.2) is 98.4 Å². The normalized spacial score (nSPS) is 20.9. The van der Waals surface area contributed by atoms with Crippen LogP contribution >= 0.6 is 0 Å². The fourth-order valence-corrected chi connectivity index (χ4v) is 3.56. The van der Waals surface area contributed by atoms with E-state index in [2.05, 4.69) is 20.4 Å². The molecule has 1 spiro atoms. The number of alkyl halides is 9. The van der Waals surface area contributed by atoms with Gasteiger partial charge in [-0.2, -0.15) is 39.5 Å². The summed E-state index contributed by atoms with van der Waals surface area (Å²) in [6, 6.07) is 1.65. The van der Waals surface area contributed by atoms with E-state index in [-0.39, 0.29) is 31.4 Å². The zero-order chi connectivity index (χ0) is 32.6. The second-order valence-corrected chi connectivity index (χ2v) is 8.80. The predicted octanol–water partition coefficient (Wildman–Crippen LogP) is 2.36. The van der Waals surface area contributed by atoms with Crippen molar-refractivity contribution in [2.75, 3.05) is 26.3 Å². The molecule has 0 bridgehead atoms. The Balaban J connectivity index is 0.000000384. The van der Waals surface area contributed by atoms with Crippen molar-refractivity contribution < 1.29 is 78.1 Å². The minimum atomic E-state index is -5.08. The monoisotopic (exact) mass is 643 g/mol. The average Bonchev–Trinajstić information content (AvgIpc) is 3.64. The van der Waals surface area contributed by atoms with Gasteiger partial charge in [0.2, 0.25) is 5.91 Å². The molecule has 0 aliphatic carbocycles. The van der Waals surface area contributed by atoms with Crippen molar-refractivity contribution in [2.45, 2.75) is 49.7 Å². The molecule has 2 saturated heterocycles. The lowest BCUT2D eigenvalue weighted by molar-refractivity contribution is -0.193. The van der Waals surface area contributed by atoms with E-state index in [1.165, 1.54) is 6.26 Å². The van der Waals surface area contributed by atoms with E-state index in [4.69, 9.17) is 33.8 Å². The number of halogens is 9. The number of carbonyl (C=O) groups is 3. The summed E-state index contributed by atoms with van der Waals surface area (Å²) in [5.74, 6) is -5.55. The maximum Gasteiger partial charge on any atom is 0.490 e. The van der Waals surface area contributed by atoms with Crippen LogP contribution in [-0.2, 0) is 43.1 Å². The lowest BCUT2D eigenvalue weighted by Gasteiger charge is -2.39. The van der Waals surface area contributed by atoms with Gasteiger partial charge in [-0.25, -0.2) is 14.6 Å². The molecule has 0 radical (unpaired) electrons.